The van der Waals surface area contributed by atoms with Crippen LogP contribution in [0.3, 0.4) is 0 Å². The fraction of sp³-hybridized carbons (Fsp3) is 0.533. The zero-order valence-corrected chi connectivity index (χ0v) is 14.8. The Morgan fingerprint density at radius 2 is 2.25 bits per heavy atom. The molecule has 1 aliphatic rings. The average Bonchev–Trinajstić information content (AvgIpc) is 2.96. The number of nitrogens with one attached hydrogen (secondary N) is 1. The van der Waals surface area contributed by atoms with Gasteiger partial charge in [0.15, 0.2) is 0 Å². The summed E-state index contributed by atoms with van der Waals surface area (Å²) in [4.78, 5) is 21.4. The van der Waals surface area contributed by atoms with Crippen LogP contribution in [0.2, 0.25) is 0 Å². The molecule has 9 heteroatoms. The van der Waals surface area contributed by atoms with E-state index in [1.807, 2.05) is 12.1 Å². The van der Waals surface area contributed by atoms with Crippen molar-refractivity contribution >= 4 is 39.3 Å². The van der Waals surface area contributed by atoms with Crippen LogP contribution in [0.5, 0.6) is 0 Å². The number of anilines is 1. The minimum absolute atomic E-state index is 0.121. The van der Waals surface area contributed by atoms with Crippen LogP contribution in [-0.4, -0.2) is 53.0 Å². The van der Waals surface area contributed by atoms with Gasteiger partial charge in [-0.25, -0.2) is 9.78 Å². The summed E-state index contributed by atoms with van der Waals surface area (Å²) < 4.78 is 12.2. The summed E-state index contributed by atoms with van der Waals surface area (Å²) in [5.74, 6) is 0. The van der Waals surface area contributed by atoms with Crippen molar-refractivity contribution in [1.29, 1.82) is 0 Å². The van der Waals surface area contributed by atoms with E-state index in [2.05, 4.69) is 36.1 Å². The Balaban J connectivity index is 1.51. The van der Waals surface area contributed by atoms with E-state index >= 15 is 0 Å². The molecule has 3 heterocycles. The number of ether oxygens (including phenoxy) is 1. The summed E-state index contributed by atoms with van der Waals surface area (Å²) in [6.45, 7) is 3.71. The highest BCUT2D eigenvalue weighted by Gasteiger charge is 2.24. The number of amides is 1. The summed E-state index contributed by atoms with van der Waals surface area (Å²) in [5.41, 5.74) is 1.26. The summed E-state index contributed by atoms with van der Waals surface area (Å²) >= 11 is 3.32. The molecule has 0 aliphatic carbocycles. The van der Waals surface area contributed by atoms with Crippen molar-refractivity contribution in [3.05, 3.63) is 16.7 Å². The summed E-state index contributed by atoms with van der Waals surface area (Å²) in [6.07, 6.45) is 0.777. The van der Waals surface area contributed by atoms with Crippen molar-refractivity contribution in [2.75, 3.05) is 24.6 Å². The van der Waals surface area contributed by atoms with Gasteiger partial charge in [-0.3, -0.25) is 0 Å². The highest BCUT2D eigenvalue weighted by molar-refractivity contribution is 9.10. The molecule has 1 saturated heterocycles. The Bertz CT molecular complexity index is 715. The van der Waals surface area contributed by atoms with E-state index in [-0.39, 0.29) is 12.1 Å². The number of halogens is 1. The van der Waals surface area contributed by atoms with Crippen LogP contribution in [0, 0.1) is 0 Å². The monoisotopic (exact) mass is 398 g/mol. The molecule has 1 atom stereocenters. The smallest absolute Gasteiger partial charge is 0.404 e. The maximum Gasteiger partial charge on any atom is 0.404 e. The first-order chi connectivity index (χ1) is 11.5. The van der Waals surface area contributed by atoms with Gasteiger partial charge in [0.2, 0.25) is 5.71 Å². The molecule has 2 aromatic rings. The second-order valence-electron chi connectivity index (χ2n) is 5.82. The largest absolute Gasteiger partial charge is 0.465 e. The number of piperidine rings is 1. The van der Waals surface area contributed by atoms with Crippen LogP contribution < -0.4 is 10.2 Å². The van der Waals surface area contributed by atoms with Crippen LogP contribution in [0.25, 0.3) is 11.2 Å². The van der Waals surface area contributed by atoms with Gasteiger partial charge in [0.25, 0.3) is 6.01 Å². The van der Waals surface area contributed by atoms with Gasteiger partial charge >= 0.3 is 6.09 Å². The Hall–Kier alpha value is -1.87. The van der Waals surface area contributed by atoms with E-state index < -0.39 is 6.09 Å². The molecule has 0 radical (unpaired) electrons. The maximum absolute atomic E-state index is 10.6. The normalized spacial score (nSPS) is 17.2. The number of fused-ring (bicyclic) bond motifs is 1. The number of carbonyl (C=O) groups is 1. The molecule has 0 saturated carbocycles. The number of carboxylic acid groups (broad SMARTS) is 1. The molecule has 8 nitrogen and oxygen atoms in total. The number of rotatable bonds is 5. The lowest BCUT2D eigenvalue weighted by molar-refractivity contribution is 0.0260. The molecule has 2 aromatic heterocycles. The molecule has 1 amide bonds. The number of hydrogen-bond acceptors (Lipinski definition) is 6. The Kier molecular flexibility index (Phi) is 5.20. The standard InChI is InChI=1S/C15H19BrN4O4/c1-9(17-15(21)22)8-23-10-4-6-20(7-5-10)14-18-11-2-3-12(16)19-13(11)24-14/h2-3,9-10,17H,4-8H2,1H3,(H,21,22)/t9-/m0/s1. The number of nitrogens with zero attached hydrogens (tertiary/aromatic N) is 3. The Morgan fingerprint density at radius 3 is 2.96 bits per heavy atom. The van der Waals surface area contributed by atoms with E-state index in [0.29, 0.717) is 22.9 Å². The van der Waals surface area contributed by atoms with E-state index in [0.717, 1.165) is 31.4 Å². The Morgan fingerprint density at radius 1 is 1.50 bits per heavy atom. The molecule has 0 aromatic carbocycles. The van der Waals surface area contributed by atoms with Crippen LogP contribution in [-0.2, 0) is 4.74 Å². The minimum Gasteiger partial charge on any atom is -0.465 e. The molecule has 3 rings (SSSR count). The zero-order chi connectivity index (χ0) is 17.1. The molecule has 0 unspecified atom stereocenters. The molecular formula is C15H19BrN4O4. The van der Waals surface area contributed by atoms with Gasteiger partial charge in [-0.2, -0.15) is 4.98 Å². The van der Waals surface area contributed by atoms with Crippen molar-refractivity contribution in [3.63, 3.8) is 0 Å². The van der Waals surface area contributed by atoms with Gasteiger partial charge in [-0.15, -0.1) is 0 Å². The molecule has 0 spiro atoms. The van der Waals surface area contributed by atoms with Crippen molar-refractivity contribution in [1.82, 2.24) is 15.3 Å². The van der Waals surface area contributed by atoms with Crippen molar-refractivity contribution in [2.45, 2.75) is 31.9 Å². The summed E-state index contributed by atoms with van der Waals surface area (Å²) in [7, 11) is 0. The molecule has 0 bridgehead atoms. The van der Waals surface area contributed by atoms with Crippen molar-refractivity contribution in [2.24, 2.45) is 0 Å². The first kappa shape index (κ1) is 17.0. The van der Waals surface area contributed by atoms with Gasteiger partial charge in [0, 0.05) is 13.1 Å². The predicted molar refractivity (Wildman–Crippen MR) is 91.3 cm³/mol. The van der Waals surface area contributed by atoms with Gasteiger partial charge in [0.1, 0.15) is 10.1 Å². The second kappa shape index (κ2) is 7.35. The lowest BCUT2D eigenvalue weighted by Gasteiger charge is -2.31. The first-order valence-corrected chi connectivity index (χ1v) is 8.59. The fourth-order valence-corrected chi connectivity index (χ4v) is 2.96. The third kappa shape index (κ3) is 4.15. The predicted octanol–water partition coefficient (Wildman–Crippen LogP) is 2.63. The molecule has 2 N–H and O–H groups in total. The van der Waals surface area contributed by atoms with Crippen LogP contribution in [0.4, 0.5) is 10.8 Å². The van der Waals surface area contributed by atoms with E-state index in [1.54, 1.807) is 6.92 Å². The third-order valence-corrected chi connectivity index (χ3v) is 4.32. The highest BCUT2D eigenvalue weighted by atomic mass is 79.9. The topological polar surface area (TPSA) is 101 Å². The number of pyridine rings is 1. The number of oxazole rings is 1. The second-order valence-corrected chi connectivity index (χ2v) is 6.64. The van der Waals surface area contributed by atoms with Gasteiger partial charge in [-0.1, -0.05) is 0 Å². The maximum atomic E-state index is 10.6. The van der Waals surface area contributed by atoms with Crippen LogP contribution in [0.15, 0.2) is 21.2 Å². The average molecular weight is 399 g/mol. The number of aromatic nitrogens is 2. The number of hydrogen-bond donors (Lipinski definition) is 2. The Labute approximate surface area is 147 Å². The molecular weight excluding hydrogens is 380 g/mol. The quantitative estimate of drug-likeness (QED) is 0.746. The SMILES string of the molecule is C[C@@H](COC1CCN(c2nc3ccc(Br)nc3o2)CC1)NC(=O)O. The lowest BCUT2D eigenvalue weighted by atomic mass is 10.1. The van der Waals surface area contributed by atoms with Gasteiger partial charge in [0.05, 0.1) is 18.8 Å². The molecule has 24 heavy (non-hydrogen) atoms. The van der Waals surface area contributed by atoms with Crippen LogP contribution >= 0.6 is 15.9 Å². The van der Waals surface area contributed by atoms with Crippen LogP contribution in [0.1, 0.15) is 19.8 Å². The minimum atomic E-state index is -1.03. The fourth-order valence-electron chi connectivity index (χ4n) is 2.66. The molecule has 1 aliphatic heterocycles. The third-order valence-electron chi connectivity index (χ3n) is 3.87. The summed E-state index contributed by atoms with van der Waals surface area (Å²) in [5, 5.41) is 11.0. The molecule has 1 fully saturated rings. The lowest BCUT2D eigenvalue weighted by Crippen LogP contribution is -2.40. The van der Waals surface area contributed by atoms with Crippen molar-refractivity contribution in [3.8, 4) is 0 Å². The van der Waals surface area contributed by atoms with Gasteiger partial charge in [-0.05, 0) is 47.8 Å². The van der Waals surface area contributed by atoms with Crippen molar-refractivity contribution < 1.29 is 19.1 Å². The van der Waals surface area contributed by atoms with Gasteiger partial charge < -0.3 is 24.5 Å². The van der Waals surface area contributed by atoms with E-state index in [1.165, 1.54) is 0 Å². The van der Waals surface area contributed by atoms with E-state index in [4.69, 9.17) is 14.3 Å². The van der Waals surface area contributed by atoms with E-state index in [9.17, 15) is 4.79 Å². The zero-order valence-electron chi connectivity index (χ0n) is 13.2. The first-order valence-electron chi connectivity index (χ1n) is 7.80. The molecule has 130 valence electrons. The highest BCUT2D eigenvalue weighted by Crippen LogP contribution is 2.25. The summed E-state index contributed by atoms with van der Waals surface area (Å²) in [6, 6.07) is 4.06.